The Balaban J connectivity index is 2.09. The number of tetrazole rings is 1. The number of aromatic nitrogens is 5. The molecular weight excluding hydrogens is 264 g/mol. The second-order valence-electron chi connectivity index (χ2n) is 4.34. The Morgan fingerprint density at radius 1 is 1.37 bits per heavy atom. The zero-order valence-electron chi connectivity index (χ0n) is 10.4. The number of hydrogen-bond donors (Lipinski definition) is 1. The van der Waals surface area contributed by atoms with E-state index in [1.807, 2.05) is 29.0 Å². The van der Waals surface area contributed by atoms with Gasteiger partial charge in [-0.05, 0) is 22.9 Å². The first-order valence-electron chi connectivity index (χ1n) is 5.87. The first-order chi connectivity index (χ1) is 9.17. The Hall–Kier alpha value is -1.92. The van der Waals surface area contributed by atoms with Gasteiger partial charge < -0.3 is 10.3 Å². The monoisotopic (exact) mass is 276 g/mol. The van der Waals surface area contributed by atoms with Crippen molar-refractivity contribution in [2.45, 2.75) is 13.1 Å². The predicted molar refractivity (Wildman–Crippen MR) is 72.7 cm³/mol. The van der Waals surface area contributed by atoms with Crippen LogP contribution in [0.5, 0.6) is 0 Å². The van der Waals surface area contributed by atoms with Crippen molar-refractivity contribution in [1.82, 2.24) is 24.8 Å². The summed E-state index contributed by atoms with van der Waals surface area (Å²) < 4.78 is 2.04. The van der Waals surface area contributed by atoms with Crippen molar-refractivity contribution < 1.29 is 0 Å². The van der Waals surface area contributed by atoms with Crippen LogP contribution < -0.4 is 5.73 Å². The maximum atomic E-state index is 6.06. The molecule has 2 heterocycles. The lowest BCUT2D eigenvalue weighted by Gasteiger charge is -2.01. The van der Waals surface area contributed by atoms with Gasteiger partial charge in [-0.1, -0.05) is 17.7 Å². The highest BCUT2D eigenvalue weighted by molar-refractivity contribution is 6.31. The summed E-state index contributed by atoms with van der Waals surface area (Å²) >= 11 is 6.06. The van der Waals surface area contributed by atoms with E-state index in [0.717, 1.165) is 16.5 Å². The molecule has 0 aliphatic carbocycles. The van der Waals surface area contributed by atoms with Crippen LogP contribution in [0, 0.1) is 0 Å². The largest absolute Gasteiger partial charge is 0.339 e. The van der Waals surface area contributed by atoms with Crippen molar-refractivity contribution in [3.05, 3.63) is 40.8 Å². The highest BCUT2D eigenvalue weighted by atomic mass is 35.5. The third-order valence-electron chi connectivity index (χ3n) is 3.01. The number of aryl methyl sites for hydroxylation is 1. The number of fused-ring (bicyclic) bond motifs is 1. The summed E-state index contributed by atoms with van der Waals surface area (Å²) in [6, 6.07) is 5.78. The summed E-state index contributed by atoms with van der Waals surface area (Å²) in [7, 11) is 1.74. The Morgan fingerprint density at radius 3 is 2.89 bits per heavy atom. The Morgan fingerprint density at radius 2 is 2.21 bits per heavy atom. The molecule has 0 aliphatic heterocycles. The predicted octanol–water partition coefficient (Wildman–Crippen LogP) is 1.33. The standard InChI is InChI=1S/C12H13ClN6/c1-18-16-12(15-17-18)7-19-6-8(5-14)10-3-2-9(13)4-11(10)19/h2-4,6H,5,7,14H2,1H3. The maximum Gasteiger partial charge on any atom is 0.194 e. The smallest absolute Gasteiger partial charge is 0.194 e. The summed E-state index contributed by atoms with van der Waals surface area (Å²) in [6.45, 7) is 1.03. The molecule has 2 aromatic heterocycles. The average molecular weight is 277 g/mol. The van der Waals surface area contributed by atoms with Gasteiger partial charge in [0.1, 0.15) is 0 Å². The number of benzene rings is 1. The lowest BCUT2D eigenvalue weighted by Crippen LogP contribution is -2.01. The van der Waals surface area contributed by atoms with Crippen molar-refractivity contribution in [3.63, 3.8) is 0 Å². The molecule has 3 aromatic rings. The topological polar surface area (TPSA) is 74.5 Å². The van der Waals surface area contributed by atoms with Gasteiger partial charge in [0.05, 0.1) is 19.1 Å². The van der Waals surface area contributed by atoms with Crippen LogP contribution in [-0.4, -0.2) is 24.8 Å². The fraction of sp³-hybridized carbons (Fsp3) is 0.250. The van der Waals surface area contributed by atoms with Crippen molar-refractivity contribution >= 4 is 22.5 Å². The molecule has 0 aliphatic rings. The zero-order chi connectivity index (χ0) is 13.4. The number of rotatable bonds is 3. The van der Waals surface area contributed by atoms with Gasteiger partial charge >= 0.3 is 0 Å². The molecule has 1 aromatic carbocycles. The Kier molecular flexibility index (Phi) is 2.96. The summed E-state index contributed by atoms with van der Waals surface area (Å²) in [5.74, 6) is 0.656. The summed E-state index contributed by atoms with van der Waals surface area (Å²) in [4.78, 5) is 1.44. The average Bonchev–Trinajstić information content (AvgIpc) is 2.94. The van der Waals surface area contributed by atoms with Crippen LogP contribution in [0.25, 0.3) is 10.9 Å². The minimum absolute atomic E-state index is 0.485. The van der Waals surface area contributed by atoms with E-state index >= 15 is 0 Å². The maximum absolute atomic E-state index is 6.06. The molecule has 7 heteroatoms. The molecular formula is C12H13ClN6. The second kappa shape index (κ2) is 4.64. The lowest BCUT2D eigenvalue weighted by atomic mass is 10.2. The first kappa shape index (κ1) is 12.1. The fourth-order valence-electron chi connectivity index (χ4n) is 2.17. The Bertz CT molecular complexity index is 729. The summed E-state index contributed by atoms with van der Waals surface area (Å²) in [6.07, 6.45) is 2.01. The minimum atomic E-state index is 0.485. The molecule has 0 spiro atoms. The SMILES string of the molecule is Cn1nnc(Cn2cc(CN)c3ccc(Cl)cc32)n1. The number of hydrogen-bond acceptors (Lipinski definition) is 4. The van der Waals surface area contributed by atoms with Crippen molar-refractivity contribution in [1.29, 1.82) is 0 Å². The van der Waals surface area contributed by atoms with Crippen LogP contribution >= 0.6 is 11.6 Å². The number of nitrogens with two attached hydrogens (primary N) is 1. The molecule has 0 amide bonds. The second-order valence-corrected chi connectivity index (χ2v) is 4.78. The van der Waals surface area contributed by atoms with Crippen LogP contribution in [0.2, 0.25) is 5.02 Å². The number of nitrogens with zero attached hydrogens (tertiary/aromatic N) is 5. The van der Waals surface area contributed by atoms with Gasteiger partial charge in [0.25, 0.3) is 0 Å². The van der Waals surface area contributed by atoms with Gasteiger partial charge in [-0.25, -0.2) is 0 Å². The van der Waals surface area contributed by atoms with E-state index in [1.165, 1.54) is 4.80 Å². The van der Waals surface area contributed by atoms with E-state index in [9.17, 15) is 0 Å². The molecule has 6 nitrogen and oxygen atoms in total. The molecule has 0 saturated carbocycles. The van der Waals surface area contributed by atoms with Gasteiger partial charge in [-0.15, -0.1) is 10.2 Å². The van der Waals surface area contributed by atoms with Gasteiger partial charge in [0, 0.05) is 23.2 Å². The molecule has 3 rings (SSSR count). The van der Waals surface area contributed by atoms with Crippen molar-refractivity contribution in [2.75, 3.05) is 0 Å². The van der Waals surface area contributed by atoms with E-state index in [1.54, 1.807) is 7.05 Å². The minimum Gasteiger partial charge on any atom is -0.339 e. The quantitative estimate of drug-likeness (QED) is 0.783. The highest BCUT2D eigenvalue weighted by Crippen LogP contribution is 2.25. The third-order valence-corrected chi connectivity index (χ3v) is 3.24. The molecule has 0 saturated heterocycles. The normalized spacial score (nSPS) is 11.3. The van der Waals surface area contributed by atoms with Crippen LogP contribution in [0.3, 0.4) is 0 Å². The summed E-state index contributed by atoms with van der Waals surface area (Å²) in [5.41, 5.74) is 7.88. The Labute approximate surface area is 114 Å². The zero-order valence-corrected chi connectivity index (χ0v) is 11.2. The van der Waals surface area contributed by atoms with Crippen LogP contribution in [-0.2, 0) is 20.1 Å². The highest BCUT2D eigenvalue weighted by Gasteiger charge is 2.10. The molecule has 19 heavy (non-hydrogen) atoms. The molecule has 0 unspecified atom stereocenters. The van der Waals surface area contributed by atoms with Gasteiger partial charge in [0.15, 0.2) is 5.82 Å². The van der Waals surface area contributed by atoms with Crippen LogP contribution in [0.4, 0.5) is 0 Å². The fourth-order valence-corrected chi connectivity index (χ4v) is 2.34. The van der Waals surface area contributed by atoms with Crippen LogP contribution in [0.1, 0.15) is 11.4 Å². The van der Waals surface area contributed by atoms with E-state index in [0.29, 0.717) is 23.9 Å². The van der Waals surface area contributed by atoms with Crippen LogP contribution in [0.15, 0.2) is 24.4 Å². The lowest BCUT2D eigenvalue weighted by molar-refractivity contribution is 0.625. The van der Waals surface area contributed by atoms with Gasteiger partial charge in [0.2, 0.25) is 0 Å². The number of halogens is 1. The van der Waals surface area contributed by atoms with Gasteiger partial charge in [-0.2, -0.15) is 4.80 Å². The molecule has 98 valence electrons. The molecule has 2 N–H and O–H groups in total. The third kappa shape index (κ3) is 2.20. The molecule has 0 bridgehead atoms. The van der Waals surface area contributed by atoms with E-state index < -0.39 is 0 Å². The first-order valence-corrected chi connectivity index (χ1v) is 6.25. The van der Waals surface area contributed by atoms with Gasteiger partial charge in [-0.3, -0.25) is 0 Å². The van der Waals surface area contributed by atoms with E-state index in [-0.39, 0.29) is 0 Å². The molecule has 0 fully saturated rings. The summed E-state index contributed by atoms with van der Waals surface area (Å²) in [5, 5.41) is 13.8. The van der Waals surface area contributed by atoms with Crippen molar-refractivity contribution in [2.24, 2.45) is 12.8 Å². The molecule has 0 radical (unpaired) electrons. The molecule has 0 atom stereocenters. The van der Waals surface area contributed by atoms with E-state index in [4.69, 9.17) is 17.3 Å². The van der Waals surface area contributed by atoms with E-state index in [2.05, 4.69) is 15.4 Å². The van der Waals surface area contributed by atoms with Crippen molar-refractivity contribution in [3.8, 4) is 0 Å².